The minimum absolute atomic E-state index is 0.0935. The highest BCUT2D eigenvalue weighted by Gasteiger charge is 2.04. The standard InChI is InChI=1S/C10H7NO3.C4H10O/c11-6-8(10(13)14)5-7-1-3-9(12)4-2-7;1-3-5-4-2/h1-5,12H,(H,13,14);3-4H2,1-2H3. The van der Waals surface area contributed by atoms with Crippen LogP contribution in [0.15, 0.2) is 29.8 Å². The van der Waals surface area contributed by atoms with Gasteiger partial charge in [0.25, 0.3) is 0 Å². The third-order valence-corrected chi connectivity index (χ3v) is 1.96. The number of nitrogens with zero attached hydrogens (tertiary/aromatic N) is 1. The Hall–Kier alpha value is -2.32. The van der Waals surface area contributed by atoms with Gasteiger partial charge in [0.1, 0.15) is 17.4 Å². The molecule has 0 saturated carbocycles. The van der Waals surface area contributed by atoms with Crippen LogP contribution in [0.3, 0.4) is 0 Å². The number of phenols is 1. The monoisotopic (exact) mass is 263 g/mol. The van der Waals surface area contributed by atoms with Gasteiger partial charge in [0.05, 0.1) is 0 Å². The molecule has 0 spiro atoms. The predicted molar refractivity (Wildman–Crippen MR) is 71.5 cm³/mol. The van der Waals surface area contributed by atoms with E-state index in [1.807, 2.05) is 13.8 Å². The molecule has 0 radical (unpaired) electrons. The summed E-state index contributed by atoms with van der Waals surface area (Å²) in [6.07, 6.45) is 1.24. The molecule has 0 atom stereocenters. The molecule has 2 N–H and O–H groups in total. The average molecular weight is 263 g/mol. The van der Waals surface area contributed by atoms with Crippen LogP contribution in [-0.2, 0) is 9.53 Å². The number of aliphatic carboxylic acids is 1. The van der Waals surface area contributed by atoms with E-state index in [0.717, 1.165) is 13.2 Å². The molecule has 0 amide bonds. The van der Waals surface area contributed by atoms with Crippen LogP contribution in [0.5, 0.6) is 5.75 Å². The first-order valence-corrected chi connectivity index (χ1v) is 5.77. The molecule has 0 aliphatic rings. The van der Waals surface area contributed by atoms with E-state index in [-0.39, 0.29) is 11.3 Å². The molecule has 5 nitrogen and oxygen atoms in total. The lowest BCUT2D eigenvalue weighted by Crippen LogP contribution is -1.97. The van der Waals surface area contributed by atoms with Crippen molar-refractivity contribution in [3.63, 3.8) is 0 Å². The van der Waals surface area contributed by atoms with Crippen molar-refractivity contribution in [3.8, 4) is 11.8 Å². The smallest absolute Gasteiger partial charge is 0.346 e. The zero-order valence-corrected chi connectivity index (χ0v) is 11.0. The number of benzene rings is 1. The lowest BCUT2D eigenvalue weighted by molar-refractivity contribution is -0.132. The molecule has 5 heteroatoms. The van der Waals surface area contributed by atoms with E-state index < -0.39 is 5.97 Å². The summed E-state index contributed by atoms with van der Waals surface area (Å²) in [5.74, 6) is -1.17. The van der Waals surface area contributed by atoms with Crippen LogP contribution in [0.1, 0.15) is 19.4 Å². The van der Waals surface area contributed by atoms with Gasteiger partial charge < -0.3 is 14.9 Å². The molecule has 0 fully saturated rings. The van der Waals surface area contributed by atoms with Crippen molar-refractivity contribution in [1.82, 2.24) is 0 Å². The van der Waals surface area contributed by atoms with Crippen LogP contribution in [-0.4, -0.2) is 29.4 Å². The number of carboxylic acid groups (broad SMARTS) is 1. The summed E-state index contributed by atoms with van der Waals surface area (Å²) in [5.41, 5.74) is 0.220. The Labute approximate surface area is 112 Å². The summed E-state index contributed by atoms with van der Waals surface area (Å²) in [5, 5.41) is 26.0. The average Bonchev–Trinajstić information content (AvgIpc) is 2.39. The Bertz CT molecular complexity index is 455. The molecule has 0 unspecified atom stereocenters. The van der Waals surface area contributed by atoms with Crippen molar-refractivity contribution >= 4 is 12.0 Å². The van der Waals surface area contributed by atoms with E-state index >= 15 is 0 Å². The maximum atomic E-state index is 10.5. The fraction of sp³-hybridized carbons (Fsp3) is 0.286. The van der Waals surface area contributed by atoms with Crippen LogP contribution in [0.4, 0.5) is 0 Å². The maximum absolute atomic E-state index is 10.5. The number of phenolic OH excluding ortho intramolecular Hbond substituents is 1. The molecule has 0 aliphatic heterocycles. The van der Waals surface area contributed by atoms with Crippen LogP contribution in [0.2, 0.25) is 0 Å². The summed E-state index contributed by atoms with van der Waals surface area (Å²) in [4.78, 5) is 10.5. The second-order valence-corrected chi connectivity index (χ2v) is 3.35. The highest BCUT2D eigenvalue weighted by Crippen LogP contribution is 2.12. The van der Waals surface area contributed by atoms with E-state index in [2.05, 4.69) is 0 Å². The number of carbonyl (C=O) groups is 1. The normalized spacial score (nSPS) is 10.1. The van der Waals surface area contributed by atoms with Gasteiger partial charge >= 0.3 is 5.97 Å². The van der Waals surface area contributed by atoms with Gasteiger partial charge in [-0.05, 0) is 37.6 Å². The molecule has 0 aliphatic carbocycles. The molecule has 1 rings (SSSR count). The van der Waals surface area contributed by atoms with Crippen molar-refractivity contribution in [3.05, 3.63) is 35.4 Å². The fourth-order valence-corrected chi connectivity index (χ4v) is 1.08. The molecule has 0 saturated heterocycles. The Kier molecular flexibility index (Phi) is 8.50. The van der Waals surface area contributed by atoms with Gasteiger partial charge in [0.15, 0.2) is 0 Å². The van der Waals surface area contributed by atoms with Crippen LogP contribution < -0.4 is 0 Å². The number of hydrogen-bond donors (Lipinski definition) is 2. The SMILES string of the molecule is CCOCC.N#CC(=Cc1ccc(O)cc1)C(=O)O. The van der Waals surface area contributed by atoms with Gasteiger partial charge in [0.2, 0.25) is 0 Å². The lowest BCUT2D eigenvalue weighted by atomic mass is 10.1. The maximum Gasteiger partial charge on any atom is 0.346 e. The van der Waals surface area contributed by atoms with Gasteiger partial charge in [-0.1, -0.05) is 12.1 Å². The molecular formula is C14H17NO4. The van der Waals surface area contributed by atoms with E-state index in [1.165, 1.54) is 30.3 Å². The van der Waals surface area contributed by atoms with Gasteiger partial charge in [-0.3, -0.25) is 0 Å². The first-order valence-electron chi connectivity index (χ1n) is 5.77. The Morgan fingerprint density at radius 2 is 1.84 bits per heavy atom. The van der Waals surface area contributed by atoms with Gasteiger partial charge in [-0.15, -0.1) is 0 Å². The topological polar surface area (TPSA) is 90.5 Å². The minimum atomic E-state index is -1.26. The van der Waals surface area contributed by atoms with Crippen molar-refractivity contribution in [1.29, 1.82) is 5.26 Å². The van der Waals surface area contributed by atoms with Crippen LogP contribution >= 0.6 is 0 Å². The summed E-state index contributed by atoms with van der Waals surface area (Å²) in [6.45, 7) is 5.67. The molecule has 19 heavy (non-hydrogen) atoms. The van der Waals surface area contributed by atoms with Gasteiger partial charge in [0, 0.05) is 13.2 Å². The molecule has 0 bridgehead atoms. The van der Waals surface area contributed by atoms with Gasteiger partial charge in [-0.2, -0.15) is 5.26 Å². The molecule has 0 heterocycles. The predicted octanol–water partition coefficient (Wildman–Crippen LogP) is 2.43. The number of hydrogen-bond acceptors (Lipinski definition) is 4. The number of nitriles is 1. The number of ether oxygens (including phenoxy) is 1. The Balaban J connectivity index is 0.000000555. The molecule has 1 aromatic carbocycles. The third kappa shape index (κ3) is 7.58. The Morgan fingerprint density at radius 3 is 2.16 bits per heavy atom. The second-order valence-electron chi connectivity index (χ2n) is 3.35. The zero-order chi connectivity index (χ0) is 14.7. The number of carboxylic acids is 1. The lowest BCUT2D eigenvalue weighted by Gasteiger charge is -1.94. The van der Waals surface area contributed by atoms with E-state index in [0.29, 0.717) is 5.56 Å². The van der Waals surface area contributed by atoms with Crippen molar-refractivity contribution in [2.75, 3.05) is 13.2 Å². The highest BCUT2D eigenvalue weighted by atomic mass is 16.5. The van der Waals surface area contributed by atoms with Crippen molar-refractivity contribution < 1.29 is 19.7 Å². The minimum Gasteiger partial charge on any atom is -0.508 e. The van der Waals surface area contributed by atoms with Crippen LogP contribution in [0, 0.1) is 11.3 Å². The third-order valence-electron chi connectivity index (χ3n) is 1.96. The second kappa shape index (κ2) is 9.68. The largest absolute Gasteiger partial charge is 0.508 e. The molecule has 102 valence electrons. The summed E-state index contributed by atoms with van der Waals surface area (Å²) >= 11 is 0. The number of aromatic hydroxyl groups is 1. The zero-order valence-electron chi connectivity index (χ0n) is 11.0. The van der Waals surface area contributed by atoms with Crippen molar-refractivity contribution in [2.24, 2.45) is 0 Å². The van der Waals surface area contributed by atoms with E-state index in [9.17, 15) is 4.79 Å². The fourth-order valence-electron chi connectivity index (χ4n) is 1.08. The quantitative estimate of drug-likeness (QED) is 0.643. The van der Waals surface area contributed by atoms with Crippen LogP contribution in [0.25, 0.3) is 6.08 Å². The first kappa shape index (κ1) is 16.7. The highest BCUT2D eigenvalue weighted by molar-refractivity contribution is 5.96. The molecule has 1 aromatic rings. The summed E-state index contributed by atoms with van der Waals surface area (Å²) in [6, 6.07) is 7.45. The first-order chi connectivity index (χ1) is 9.04. The molecule has 0 aromatic heterocycles. The summed E-state index contributed by atoms with van der Waals surface area (Å²) < 4.78 is 4.83. The van der Waals surface area contributed by atoms with Crippen molar-refractivity contribution in [2.45, 2.75) is 13.8 Å². The summed E-state index contributed by atoms with van der Waals surface area (Å²) in [7, 11) is 0. The number of rotatable bonds is 4. The Morgan fingerprint density at radius 1 is 1.32 bits per heavy atom. The van der Waals surface area contributed by atoms with E-state index in [4.69, 9.17) is 20.2 Å². The molecular weight excluding hydrogens is 246 g/mol. The van der Waals surface area contributed by atoms with E-state index in [1.54, 1.807) is 6.07 Å². The van der Waals surface area contributed by atoms with Gasteiger partial charge in [-0.25, -0.2) is 4.79 Å².